The molecule has 10 nitrogen and oxygen atoms in total. The number of aryl methyl sites for hydroxylation is 1. The number of hydrogen-bond acceptors (Lipinski definition) is 8. The third-order valence-electron chi connectivity index (χ3n) is 5.40. The fourth-order valence-electron chi connectivity index (χ4n) is 3.84. The van der Waals surface area contributed by atoms with E-state index in [1.54, 1.807) is 11.0 Å². The van der Waals surface area contributed by atoms with Gasteiger partial charge in [0.15, 0.2) is 17.1 Å². The minimum Gasteiger partial charge on any atom is -0.361 e. The average molecular weight is 378 g/mol. The monoisotopic (exact) mass is 378 g/mol. The zero-order valence-corrected chi connectivity index (χ0v) is 16.2. The number of aromatic nitrogens is 8. The van der Waals surface area contributed by atoms with Crippen LogP contribution in [-0.2, 0) is 7.05 Å². The Bertz CT molecular complexity index is 1140. The molecule has 0 saturated carbocycles. The molecule has 1 fully saturated rings. The van der Waals surface area contributed by atoms with E-state index in [4.69, 9.17) is 5.10 Å². The van der Waals surface area contributed by atoms with E-state index in [9.17, 15) is 0 Å². The van der Waals surface area contributed by atoms with Crippen molar-refractivity contribution < 1.29 is 0 Å². The summed E-state index contributed by atoms with van der Waals surface area (Å²) in [6, 6.07) is 3.93. The molecule has 28 heavy (non-hydrogen) atoms. The van der Waals surface area contributed by atoms with Crippen LogP contribution in [0.15, 0.2) is 24.7 Å². The summed E-state index contributed by atoms with van der Waals surface area (Å²) in [7, 11) is 5.87. The van der Waals surface area contributed by atoms with Crippen molar-refractivity contribution in [2.45, 2.75) is 18.8 Å². The van der Waals surface area contributed by atoms with Gasteiger partial charge in [0.2, 0.25) is 0 Å². The summed E-state index contributed by atoms with van der Waals surface area (Å²) in [5.41, 5.74) is 1.65. The van der Waals surface area contributed by atoms with Gasteiger partial charge in [0, 0.05) is 40.2 Å². The molecule has 0 unspecified atom stereocenters. The molecule has 4 aromatic heterocycles. The molecule has 4 aromatic rings. The van der Waals surface area contributed by atoms with Crippen LogP contribution in [0.3, 0.4) is 0 Å². The van der Waals surface area contributed by atoms with Crippen molar-refractivity contribution in [3.8, 4) is 0 Å². The second-order valence-electron chi connectivity index (χ2n) is 7.38. The van der Waals surface area contributed by atoms with Crippen molar-refractivity contribution in [2.24, 2.45) is 7.05 Å². The topological polar surface area (TPSA) is 93.2 Å². The van der Waals surface area contributed by atoms with Gasteiger partial charge >= 0.3 is 0 Å². The van der Waals surface area contributed by atoms with Gasteiger partial charge in [-0.15, -0.1) is 15.3 Å². The Morgan fingerprint density at radius 1 is 1.07 bits per heavy atom. The molecule has 0 aliphatic carbocycles. The summed E-state index contributed by atoms with van der Waals surface area (Å²) in [6.45, 7) is 1.79. The molecule has 0 amide bonds. The first kappa shape index (κ1) is 16.8. The van der Waals surface area contributed by atoms with Crippen LogP contribution in [0.4, 0.5) is 11.6 Å². The summed E-state index contributed by atoms with van der Waals surface area (Å²) < 4.78 is 3.67. The molecule has 144 valence electrons. The molecule has 0 N–H and O–H groups in total. The Morgan fingerprint density at radius 2 is 1.89 bits per heavy atom. The Labute approximate surface area is 161 Å². The molecule has 0 radical (unpaired) electrons. The van der Waals surface area contributed by atoms with Gasteiger partial charge in [-0.05, 0) is 25.0 Å². The van der Waals surface area contributed by atoms with Crippen LogP contribution < -0.4 is 9.80 Å². The lowest BCUT2D eigenvalue weighted by atomic mass is 9.96. The summed E-state index contributed by atoms with van der Waals surface area (Å²) in [5.74, 6) is 3.11. The van der Waals surface area contributed by atoms with E-state index in [0.717, 1.165) is 60.1 Å². The first-order valence-electron chi connectivity index (χ1n) is 9.39. The minimum atomic E-state index is 0.322. The van der Waals surface area contributed by atoms with E-state index in [0.29, 0.717) is 5.92 Å². The number of nitrogens with zero attached hydrogens (tertiary/aromatic N) is 10. The zero-order chi connectivity index (χ0) is 19.3. The molecule has 10 heteroatoms. The van der Waals surface area contributed by atoms with Gasteiger partial charge in [0.1, 0.15) is 18.0 Å². The van der Waals surface area contributed by atoms with E-state index in [1.807, 2.05) is 48.9 Å². The van der Waals surface area contributed by atoms with Crippen LogP contribution in [0.25, 0.3) is 16.7 Å². The molecule has 5 rings (SSSR count). The van der Waals surface area contributed by atoms with Crippen LogP contribution in [0.5, 0.6) is 0 Å². The maximum absolute atomic E-state index is 4.70. The van der Waals surface area contributed by atoms with Gasteiger partial charge in [-0.2, -0.15) is 9.61 Å². The van der Waals surface area contributed by atoms with E-state index >= 15 is 0 Å². The summed E-state index contributed by atoms with van der Waals surface area (Å²) in [5, 5.41) is 18.8. The molecular weight excluding hydrogens is 356 g/mol. The number of anilines is 2. The van der Waals surface area contributed by atoms with Crippen LogP contribution in [0.2, 0.25) is 0 Å². The highest BCUT2D eigenvalue weighted by Gasteiger charge is 2.27. The zero-order valence-electron chi connectivity index (χ0n) is 16.2. The highest BCUT2D eigenvalue weighted by molar-refractivity contribution is 5.86. The minimum absolute atomic E-state index is 0.322. The van der Waals surface area contributed by atoms with Crippen molar-refractivity contribution in [1.82, 2.24) is 39.6 Å². The van der Waals surface area contributed by atoms with Crippen molar-refractivity contribution in [1.29, 1.82) is 0 Å². The summed E-state index contributed by atoms with van der Waals surface area (Å²) in [4.78, 5) is 13.2. The summed E-state index contributed by atoms with van der Waals surface area (Å²) in [6.07, 6.45) is 5.40. The third kappa shape index (κ3) is 2.63. The lowest BCUT2D eigenvalue weighted by Gasteiger charge is -2.32. The summed E-state index contributed by atoms with van der Waals surface area (Å²) >= 11 is 0. The standard InChI is InChI=1S/C18H22N10/c1-25(2)15-5-4-14-22-23-16(28(14)24-15)12-6-8-27(9-7-12)18-13-10-21-26(3)17(13)19-11-20-18/h4-5,10-12H,6-9H2,1-3H3. The van der Waals surface area contributed by atoms with Crippen molar-refractivity contribution in [3.05, 3.63) is 30.5 Å². The smallest absolute Gasteiger partial charge is 0.178 e. The predicted molar refractivity (Wildman–Crippen MR) is 106 cm³/mol. The van der Waals surface area contributed by atoms with Crippen LogP contribution >= 0.6 is 0 Å². The van der Waals surface area contributed by atoms with E-state index in [2.05, 4.69) is 30.2 Å². The van der Waals surface area contributed by atoms with Gasteiger partial charge < -0.3 is 9.80 Å². The van der Waals surface area contributed by atoms with Gasteiger partial charge in [-0.25, -0.2) is 9.97 Å². The van der Waals surface area contributed by atoms with Crippen molar-refractivity contribution in [2.75, 3.05) is 37.0 Å². The first-order valence-corrected chi connectivity index (χ1v) is 9.39. The average Bonchev–Trinajstić information content (AvgIpc) is 3.31. The van der Waals surface area contributed by atoms with Gasteiger partial charge in [-0.1, -0.05) is 0 Å². The lowest BCUT2D eigenvalue weighted by Crippen LogP contribution is -2.34. The molecule has 0 bridgehead atoms. The van der Waals surface area contributed by atoms with Gasteiger partial charge in [0.05, 0.1) is 11.6 Å². The van der Waals surface area contributed by atoms with Crippen LogP contribution in [-0.4, -0.2) is 66.7 Å². The quantitative estimate of drug-likeness (QED) is 0.526. The Hall–Kier alpha value is -3.30. The lowest BCUT2D eigenvalue weighted by molar-refractivity contribution is 0.476. The largest absolute Gasteiger partial charge is 0.361 e. The van der Waals surface area contributed by atoms with E-state index in [-0.39, 0.29) is 0 Å². The number of piperidine rings is 1. The van der Waals surface area contributed by atoms with Gasteiger partial charge in [0.25, 0.3) is 0 Å². The van der Waals surface area contributed by atoms with Crippen LogP contribution in [0, 0.1) is 0 Å². The Balaban J connectivity index is 1.40. The van der Waals surface area contributed by atoms with Crippen molar-refractivity contribution >= 4 is 28.3 Å². The maximum atomic E-state index is 4.70. The highest BCUT2D eigenvalue weighted by atomic mass is 15.4. The first-order chi connectivity index (χ1) is 13.6. The molecule has 1 saturated heterocycles. The molecule has 5 heterocycles. The number of fused-ring (bicyclic) bond motifs is 2. The molecule has 0 atom stereocenters. The predicted octanol–water partition coefficient (Wildman–Crippen LogP) is 1.25. The highest BCUT2D eigenvalue weighted by Crippen LogP contribution is 2.31. The molecule has 1 aliphatic rings. The number of hydrogen-bond donors (Lipinski definition) is 0. The normalized spacial score (nSPS) is 15.6. The van der Waals surface area contributed by atoms with Crippen molar-refractivity contribution in [3.63, 3.8) is 0 Å². The third-order valence-corrected chi connectivity index (χ3v) is 5.40. The number of rotatable bonds is 3. The maximum Gasteiger partial charge on any atom is 0.178 e. The fraction of sp³-hybridized carbons (Fsp3) is 0.444. The molecule has 1 aliphatic heterocycles. The second kappa shape index (κ2) is 6.39. The molecule has 0 aromatic carbocycles. The van der Waals surface area contributed by atoms with Gasteiger partial charge in [-0.3, -0.25) is 4.68 Å². The van der Waals surface area contributed by atoms with E-state index < -0.39 is 0 Å². The fourth-order valence-corrected chi connectivity index (χ4v) is 3.84. The molecule has 0 spiro atoms. The van der Waals surface area contributed by atoms with E-state index in [1.165, 1.54) is 0 Å². The SMILES string of the molecule is CN(C)c1ccc2nnc(C3CCN(c4ncnc5c4cnn5C)CC3)n2n1. The van der Waals surface area contributed by atoms with Crippen LogP contribution in [0.1, 0.15) is 24.6 Å². The Kier molecular flexibility index (Phi) is 3.85. The Morgan fingerprint density at radius 3 is 2.68 bits per heavy atom. The molecular formula is C18H22N10. The second-order valence-corrected chi connectivity index (χ2v) is 7.38.